The van der Waals surface area contributed by atoms with Crippen molar-refractivity contribution in [2.75, 3.05) is 26.1 Å². The van der Waals surface area contributed by atoms with Crippen LogP contribution in [0.15, 0.2) is 60.0 Å². The van der Waals surface area contributed by atoms with Crippen molar-refractivity contribution in [3.05, 3.63) is 65.5 Å². The Morgan fingerprint density at radius 3 is 2.54 bits per heavy atom. The first-order valence-electron chi connectivity index (χ1n) is 8.69. The van der Waals surface area contributed by atoms with E-state index in [2.05, 4.69) is 16.7 Å². The van der Waals surface area contributed by atoms with E-state index in [1.807, 2.05) is 35.7 Å². The molecular formula is C21H22N2O4S. The maximum Gasteiger partial charge on any atom is 0.319 e. The molecule has 2 aromatic carbocycles. The number of aliphatic hydroxyl groups excluding tert-OH is 1. The first-order valence-corrected chi connectivity index (χ1v) is 9.57. The van der Waals surface area contributed by atoms with Crippen molar-refractivity contribution in [3.63, 3.8) is 0 Å². The number of aliphatic hydroxyl groups is 1. The molecule has 146 valence electrons. The third kappa shape index (κ3) is 4.82. The second kappa shape index (κ2) is 9.25. The summed E-state index contributed by atoms with van der Waals surface area (Å²) in [6.07, 6.45) is -0.805. The molecule has 0 aliphatic rings. The molecule has 0 aliphatic carbocycles. The molecule has 7 heteroatoms. The number of amides is 2. The van der Waals surface area contributed by atoms with Gasteiger partial charge in [0.15, 0.2) is 0 Å². The molecule has 1 unspecified atom stereocenters. The van der Waals surface area contributed by atoms with Gasteiger partial charge in [0.05, 0.1) is 26.0 Å². The van der Waals surface area contributed by atoms with Gasteiger partial charge in [0.2, 0.25) is 0 Å². The van der Waals surface area contributed by atoms with Gasteiger partial charge in [-0.3, -0.25) is 0 Å². The van der Waals surface area contributed by atoms with Crippen molar-refractivity contribution in [3.8, 4) is 21.9 Å². The van der Waals surface area contributed by atoms with Gasteiger partial charge in [0, 0.05) is 17.5 Å². The minimum absolute atomic E-state index is 0.0860. The van der Waals surface area contributed by atoms with Crippen LogP contribution in [0.2, 0.25) is 0 Å². The molecule has 0 fully saturated rings. The van der Waals surface area contributed by atoms with E-state index < -0.39 is 12.1 Å². The first-order chi connectivity index (χ1) is 13.6. The minimum atomic E-state index is -0.805. The summed E-state index contributed by atoms with van der Waals surface area (Å²) in [7, 11) is 3.07. The number of urea groups is 1. The standard InChI is InChI=1S/C21H22N2O4S/c1-26-16-9-10-17(19(12-16)27-2)23-21(25)22-13-18(24)14-5-7-15(8-6-14)20-4-3-11-28-20/h3-12,18,24H,13H2,1-2H3,(H2,22,23,25). The molecular weight excluding hydrogens is 376 g/mol. The van der Waals surface area contributed by atoms with E-state index in [1.165, 1.54) is 12.0 Å². The maximum atomic E-state index is 12.2. The molecule has 1 atom stereocenters. The van der Waals surface area contributed by atoms with Crippen molar-refractivity contribution < 1.29 is 19.4 Å². The second-order valence-electron chi connectivity index (χ2n) is 6.02. The molecule has 0 spiro atoms. The Bertz CT molecular complexity index is 911. The number of carbonyl (C=O) groups is 1. The maximum absolute atomic E-state index is 12.2. The van der Waals surface area contributed by atoms with Crippen LogP contribution < -0.4 is 20.1 Å². The second-order valence-corrected chi connectivity index (χ2v) is 6.96. The zero-order valence-corrected chi connectivity index (χ0v) is 16.5. The van der Waals surface area contributed by atoms with Crippen LogP contribution in [0.5, 0.6) is 11.5 Å². The van der Waals surface area contributed by atoms with Crippen LogP contribution in [0.1, 0.15) is 11.7 Å². The normalized spacial score (nSPS) is 11.5. The smallest absolute Gasteiger partial charge is 0.319 e. The van der Waals surface area contributed by atoms with E-state index in [4.69, 9.17) is 9.47 Å². The summed E-state index contributed by atoms with van der Waals surface area (Å²) in [4.78, 5) is 13.3. The molecule has 1 heterocycles. The fraction of sp³-hybridized carbons (Fsp3) is 0.190. The van der Waals surface area contributed by atoms with Crippen LogP contribution in [0, 0.1) is 0 Å². The summed E-state index contributed by atoms with van der Waals surface area (Å²) in [5, 5.41) is 17.7. The van der Waals surface area contributed by atoms with Gasteiger partial charge >= 0.3 is 6.03 Å². The lowest BCUT2D eigenvalue weighted by atomic mass is 10.1. The fourth-order valence-electron chi connectivity index (χ4n) is 2.69. The quantitative estimate of drug-likeness (QED) is 0.555. The Morgan fingerprint density at radius 1 is 1.11 bits per heavy atom. The monoisotopic (exact) mass is 398 g/mol. The Balaban J connectivity index is 1.55. The molecule has 0 radical (unpaired) electrons. The summed E-state index contributed by atoms with van der Waals surface area (Å²) in [6.45, 7) is 0.0860. The van der Waals surface area contributed by atoms with Crippen molar-refractivity contribution in [2.24, 2.45) is 0 Å². The van der Waals surface area contributed by atoms with Gasteiger partial charge in [0.25, 0.3) is 0 Å². The van der Waals surface area contributed by atoms with E-state index in [0.717, 1.165) is 11.1 Å². The lowest BCUT2D eigenvalue weighted by molar-refractivity contribution is 0.175. The number of ether oxygens (including phenoxy) is 2. The summed E-state index contributed by atoms with van der Waals surface area (Å²) in [5.74, 6) is 1.11. The van der Waals surface area contributed by atoms with E-state index in [0.29, 0.717) is 17.2 Å². The van der Waals surface area contributed by atoms with Crippen LogP contribution in [0.4, 0.5) is 10.5 Å². The highest BCUT2D eigenvalue weighted by Gasteiger charge is 2.12. The Hall–Kier alpha value is -3.03. The van der Waals surface area contributed by atoms with E-state index in [1.54, 1.807) is 36.6 Å². The molecule has 6 nitrogen and oxygen atoms in total. The Labute approximate surface area is 167 Å². The Kier molecular flexibility index (Phi) is 6.52. The van der Waals surface area contributed by atoms with Gasteiger partial charge in [-0.15, -0.1) is 11.3 Å². The summed E-state index contributed by atoms with van der Waals surface area (Å²) in [5.41, 5.74) is 2.35. The SMILES string of the molecule is COc1ccc(NC(=O)NCC(O)c2ccc(-c3cccs3)cc2)c(OC)c1. The molecule has 3 aromatic rings. The number of hydrogen-bond acceptors (Lipinski definition) is 5. The number of hydrogen-bond donors (Lipinski definition) is 3. The molecule has 0 aliphatic heterocycles. The molecule has 0 bridgehead atoms. The van der Waals surface area contributed by atoms with Crippen molar-refractivity contribution in [1.29, 1.82) is 0 Å². The summed E-state index contributed by atoms with van der Waals surface area (Å²) >= 11 is 1.66. The topological polar surface area (TPSA) is 79.8 Å². The molecule has 28 heavy (non-hydrogen) atoms. The van der Waals surface area contributed by atoms with Gasteiger partial charge in [-0.1, -0.05) is 30.3 Å². The van der Waals surface area contributed by atoms with Gasteiger partial charge in [-0.2, -0.15) is 0 Å². The molecule has 0 saturated heterocycles. The zero-order valence-electron chi connectivity index (χ0n) is 15.6. The molecule has 1 aromatic heterocycles. The third-order valence-electron chi connectivity index (χ3n) is 4.21. The van der Waals surface area contributed by atoms with Crippen molar-refractivity contribution >= 4 is 23.1 Å². The highest BCUT2D eigenvalue weighted by Crippen LogP contribution is 2.29. The molecule has 3 rings (SSSR count). The van der Waals surface area contributed by atoms with Crippen LogP contribution >= 0.6 is 11.3 Å². The van der Waals surface area contributed by atoms with Crippen LogP contribution in [0.3, 0.4) is 0 Å². The highest BCUT2D eigenvalue weighted by molar-refractivity contribution is 7.13. The van der Waals surface area contributed by atoms with Crippen LogP contribution in [0.25, 0.3) is 10.4 Å². The minimum Gasteiger partial charge on any atom is -0.497 e. The van der Waals surface area contributed by atoms with Gasteiger partial charge in [0.1, 0.15) is 11.5 Å². The highest BCUT2D eigenvalue weighted by atomic mass is 32.1. The van der Waals surface area contributed by atoms with Crippen molar-refractivity contribution in [1.82, 2.24) is 5.32 Å². The van der Waals surface area contributed by atoms with Crippen LogP contribution in [-0.4, -0.2) is 31.9 Å². The third-order valence-corrected chi connectivity index (χ3v) is 5.13. The van der Waals surface area contributed by atoms with E-state index >= 15 is 0 Å². The first kappa shape index (κ1) is 19.7. The lowest BCUT2D eigenvalue weighted by Gasteiger charge is -2.15. The molecule has 0 saturated carbocycles. The lowest BCUT2D eigenvalue weighted by Crippen LogP contribution is -2.32. The Morgan fingerprint density at radius 2 is 1.89 bits per heavy atom. The number of anilines is 1. The number of benzene rings is 2. The average molecular weight is 398 g/mol. The average Bonchev–Trinajstić information content (AvgIpc) is 3.27. The predicted molar refractivity (Wildman–Crippen MR) is 111 cm³/mol. The number of nitrogens with one attached hydrogen (secondary N) is 2. The zero-order chi connectivity index (χ0) is 19.9. The fourth-order valence-corrected chi connectivity index (χ4v) is 3.42. The largest absolute Gasteiger partial charge is 0.497 e. The van der Waals surface area contributed by atoms with Gasteiger partial charge in [-0.05, 0) is 34.7 Å². The number of rotatable bonds is 7. The van der Waals surface area contributed by atoms with E-state index in [9.17, 15) is 9.90 Å². The number of thiophene rings is 1. The number of methoxy groups -OCH3 is 2. The molecule has 3 N–H and O–H groups in total. The summed E-state index contributed by atoms with van der Waals surface area (Å²) < 4.78 is 10.4. The van der Waals surface area contributed by atoms with Crippen molar-refractivity contribution in [2.45, 2.75) is 6.10 Å². The van der Waals surface area contributed by atoms with Crippen LogP contribution in [-0.2, 0) is 0 Å². The van der Waals surface area contributed by atoms with Gasteiger partial charge in [-0.25, -0.2) is 4.79 Å². The van der Waals surface area contributed by atoms with E-state index in [-0.39, 0.29) is 6.54 Å². The summed E-state index contributed by atoms with van der Waals surface area (Å²) in [6, 6.07) is 16.4. The predicted octanol–water partition coefficient (Wildman–Crippen LogP) is 4.29. The van der Waals surface area contributed by atoms with Gasteiger partial charge < -0.3 is 25.2 Å². The number of carbonyl (C=O) groups excluding carboxylic acids is 1. The molecule has 2 amide bonds.